The second kappa shape index (κ2) is 6.67. The molecule has 2 aliphatic rings. The molecule has 0 spiro atoms. The number of halogens is 1. The van der Waals surface area contributed by atoms with Crippen molar-refractivity contribution in [2.24, 2.45) is 4.99 Å². The highest BCUT2D eigenvalue weighted by molar-refractivity contribution is 8.18. The van der Waals surface area contributed by atoms with Crippen molar-refractivity contribution in [1.82, 2.24) is 5.32 Å². The van der Waals surface area contributed by atoms with E-state index in [-0.39, 0.29) is 5.91 Å². The van der Waals surface area contributed by atoms with E-state index in [0.29, 0.717) is 16.0 Å². The zero-order valence-electron chi connectivity index (χ0n) is 11.6. The van der Waals surface area contributed by atoms with Crippen LogP contribution in [0.3, 0.4) is 0 Å². The molecule has 1 saturated carbocycles. The Labute approximate surface area is 133 Å². The lowest BCUT2D eigenvalue weighted by Gasteiger charge is -2.17. The molecule has 5 heteroatoms. The predicted molar refractivity (Wildman–Crippen MR) is 89.5 cm³/mol. The highest BCUT2D eigenvalue weighted by Crippen LogP contribution is 2.28. The number of carbonyl (C=O) groups excluding carboxylic acids is 1. The number of hydrogen-bond donors (Lipinski definition) is 1. The Balaban J connectivity index is 1.72. The van der Waals surface area contributed by atoms with E-state index in [9.17, 15) is 4.79 Å². The number of aliphatic imine (C=N–C) groups is 1. The summed E-state index contributed by atoms with van der Waals surface area (Å²) in [6.07, 6.45) is 7.94. The van der Waals surface area contributed by atoms with E-state index in [1.807, 2.05) is 30.3 Å². The summed E-state index contributed by atoms with van der Waals surface area (Å²) in [5.41, 5.74) is 0.968. The largest absolute Gasteiger partial charge is 0.301 e. The fourth-order valence-corrected chi connectivity index (χ4v) is 3.59. The van der Waals surface area contributed by atoms with Crippen LogP contribution in [0.15, 0.2) is 34.2 Å². The number of amides is 1. The van der Waals surface area contributed by atoms with Crippen molar-refractivity contribution >= 4 is 40.5 Å². The highest BCUT2D eigenvalue weighted by Gasteiger charge is 2.25. The Morgan fingerprint density at radius 2 is 1.90 bits per heavy atom. The molecule has 1 heterocycles. The third-order valence-corrected chi connectivity index (χ3v) is 4.87. The van der Waals surface area contributed by atoms with Crippen LogP contribution in [0.4, 0.5) is 0 Å². The topological polar surface area (TPSA) is 41.5 Å². The first-order valence-electron chi connectivity index (χ1n) is 7.25. The van der Waals surface area contributed by atoms with E-state index in [4.69, 9.17) is 11.6 Å². The molecule has 3 rings (SSSR count). The van der Waals surface area contributed by atoms with Gasteiger partial charge in [-0.1, -0.05) is 43.0 Å². The van der Waals surface area contributed by atoms with Crippen LogP contribution in [0.2, 0.25) is 5.02 Å². The number of carbonyl (C=O) groups is 1. The maximum absolute atomic E-state index is 12.0. The molecule has 1 saturated heterocycles. The van der Waals surface area contributed by atoms with Crippen LogP contribution in [0.1, 0.15) is 37.7 Å². The molecule has 1 aromatic carbocycles. The number of thioether (sulfide) groups is 1. The van der Waals surface area contributed by atoms with E-state index < -0.39 is 0 Å². The Morgan fingerprint density at radius 1 is 1.19 bits per heavy atom. The summed E-state index contributed by atoms with van der Waals surface area (Å²) in [6.45, 7) is 0. The molecule has 0 atom stereocenters. The maximum atomic E-state index is 12.0. The van der Waals surface area contributed by atoms with Gasteiger partial charge in [-0.25, -0.2) is 0 Å². The van der Waals surface area contributed by atoms with Crippen LogP contribution < -0.4 is 5.32 Å². The number of amidine groups is 1. The van der Waals surface area contributed by atoms with Gasteiger partial charge in [0.15, 0.2) is 5.17 Å². The number of nitrogens with zero attached hydrogens (tertiary/aromatic N) is 1. The number of benzene rings is 1. The zero-order valence-corrected chi connectivity index (χ0v) is 13.2. The number of rotatable bonds is 2. The maximum Gasteiger partial charge on any atom is 0.264 e. The average Bonchev–Trinajstić information content (AvgIpc) is 2.82. The SMILES string of the molecule is O=C1NC(=NC2CCCCC2)S/C1=C\c1ccc(Cl)cc1. The van der Waals surface area contributed by atoms with Crippen molar-refractivity contribution in [3.63, 3.8) is 0 Å². The minimum Gasteiger partial charge on any atom is -0.301 e. The van der Waals surface area contributed by atoms with Crippen LogP contribution in [-0.4, -0.2) is 17.1 Å². The van der Waals surface area contributed by atoms with Gasteiger partial charge in [-0.15, -0.1) is 0 Å². The minimum absolute atomic E-state index is 0.0653. The van der Waals surface area contributed by atoms with E-state index >= 15 is 0 Å². The molecular weight excluding hydrogens is 304 g/mol. The Hall–Kier alpha value is -1.26. The molecule has 21 heavy (non-hydrogen) atoms. The Kier molecular flexibility index (Phi) is 4.66. The van der Waals surface area contributed by atoms with Gasteiger partial charge in [0, 0.05) is 5.02 Å². The van der Waals surface area contributed by atoms with Crippen molar-refractivity contribution < 1.29 is 4.79 Å². The smallest absolute Gasteiger partial charge is 0.264 e. The molecule has 1 N–H and O–H groups in total. The Bertz CT molecular complexity index is 589. The van der Waals surface area contributed by atoms with E-state index in [0.717, 1.165) is 23.6 Å². The quantitative estimate of drug-likeness (QED) is 0.828. The molecule has 110 valence electrons. The fourth-order valence-electron chi connectivity index (χ4n) is 2.57. The molecule has 0 unspecified atom stereocenters. The molecular formula is C16H17ClN2OS. The van der Waals surface area contributed by atoms with Gasteiger partial charge in [-0.2, -0.15) is 0 Å². The van der Waals surface area contributed by atoms with E-state index in [1.165, 1.54) is 31.0 Å². The van der Waals surface area contributed by atoms with E-state index in [1.54, 1.807) is 0 Å². The summed E-state index contributed by atoms with van der Waals surface area (Å²) < 4.78 is 0. The monoisotopic (exact) mass is 320 g/mol. The first kappa shape index (κ1) is 14.7. The van der Waals surface area contributed by atoms with Crippen molar-refractivity contribution in [3.05, 3.63) is 39.8 Å². The predicted octanol–water partition coefficient (Wildman–Crippen LogP) is 4.23. The fraction of sp³-hybridized carbons (Fsp3) is 0.375. The molecule has 3 nitrogen and oxygen atoms in total. The number of hydrogen-bond acceptors (Lipinski definition) is 3. The molecule has 2 fully saturated rings. The highest BCUT2D eigenvalue weighted by atomic mass is 35.5. The molecule has 0 bridgehead atoms. The van der Waals surface area contributed by atoms with Gasteiger partial charge in [-0.3, -0.25) is 9.79 Å². The first-order chi connectivity index (χ1) is 10.2. The van der Waals surface area contributed by atoms with Gasteiger partial charge in [-0.05, 0) is 48.4 Å². The van der Waals surface area contributed by atoms with Crippen LogP contribution in [0.5, 0.6) is 0 Å². The number of nitrogens with one attached hydrogen (secondary N) is 1. The molecule has 1 amide bonds. The molecule has 0 radical (unpaired) electrons. The lowest BCUT2D eigenvalue weighted by atomic mass is 9.96. The van der Waals surface area contributed by atoms with E-state index in [2.05, 4.69) is 10.3 Å². The van der Waals surface area contributed by atoms with Gasteiger partial charge in [0.1, 0.15) is 0 Å². The minimum atomic E-state index is -0.0653. The molecule has 0 aromatic heterocycles. The summed E-state index contributed by atoms with van der Waals surface area (Å²) in [6, 6.07) is 7.82. The van der Waals surface area contributed by atoms with Crippen LogP contribution in [0.25, 0.3) is 6.08 Å². The average molecular weight is 321 g/mol. The van der Waals surface area contributed by atoms with Gasteiger partial charge in [0.05, 0.1) is 10.9 Å². The third-order valence-electron chi connectivity index (χ3n) is 3.69. The lowest BCUT2D eigenvalue weighted by Crippen LogP contribution is -2.22. The summed E-state index contributed by atoms with van der Waals surface area (Å²) in [4.78, 5) is 17.4. The molecule has 1 aliphatic carbocycles. The van der Waals surface area contributed by atoms with Crippen molar-refractivity contribution in [3.8, 4) is 0 Å². The van der Waals surface area contributed by atoms with Gasteiger partial charge in [0.25, 0.3) is 5.91 Å². The van der Waals surface area contributed by atoms with Gasteiger partial charge >= 0.3 is 0 Å². The van der Waals surface area contributed by atoms with Crippen LogP contribution in [-0.2, 0) is 4.79 Å². The van der Waals surface area contributed by atoms with Crippen LogP contribution in [0, 0.1) is 0 Å². The van der Waals surface area contributed by atoms with Crippen molar-refractivity contribution in [2.75, 3.05) is 0 Å². The molecule has 1 aliphatic heterocycles. The second-order valence-corrected chi connectivity index (χ2v) is 6.81. The summed E-state index contributed by atoms with van der Waals surface area (Å²) >= 11 is 7.29. The first-order valence-corrected chi connectivity index (χ1v) is 8.44. The summed E-state index contributed by atoms with van der Waals surface area (Å²) in [5.74, 6) is -0.0653. The van der Waals surface area contributed by atoms with Crippen molar-refractivity contribution in [2.45, 2.75) is 38.1 Å². The summed E-state index contributed by atoms with van der Waals surface area (Å²) in [7, 11) is 0. The molecule has 1 aromatic rings. The Morgan fingerprint density at radius 3 is 2.62 bits per heavy atom. The lowest BCUT2D eigenvalue weighted by molar-refractivity contribution is -0.115. The third kappa shape index (κ3) is 3.89. The zero-order chi connectivity index (χ0) is 14.7. The second-order valence-electron chi connectivity index (χ2n) is 5.34. The van der Waals surface area contributed by atoms with Crippen molar-refractivity contribution in [1.29, 1.82) is 0 Å². The van der Waals surface area contributed by atoms with Gasteiger partial charge in [0.2, 0.25) is 0 Å². The summed E-state index contributed by atoms with van der Waals surface area (Å²) in [5, 5.41) is 4.30. The standard InChI is InChI=1S/C16H17ClN2OS/c17-12-8-6-11(7-9-12)10-14-15(20)19-16(21-14)18-13-4-2-1-3-5-13/h6-10,13H,1-5H2,(H,18,19,20)/b14-10-. The normalized spacial score (nSPS) is 23.8. The van der Waals surface area contributed by atoms with Gasteiger partial charge < -0.3 is 5.32 Å². The van der Waals surface area contributed by atoms with Crippen LogP contribution >= 0.6 is 23.4 Å².